The first-order valence-electron chi connectivity index (χ1n) is 7.37. The fourth-order valence-electron chi connectivity index (χ4n) is 4.50. The fraction of sp³-hybridized carbons (Fsp3) is 0.875. The highest BCUT2D eigenvalue weighted by molar-refractivity contribution is 5.17. The van der Waals surface area contributed by atoms with Crippen LogP contribution < -0.4 is 0 Å². The molecule has 102 valence electrons. The van der Waals surface area contributed by atoms with Gasteiger partial charge in [0.05, 0.1) is 11.7 Å². The van der Waals surface area contributed by atoms with Crippen LogP contribution in [-0.2, 0) is 9.47 Å². The van der Waals surface area contributed by atoms with E-state index in [2.05, 4.69) is 40.7 Å². The van der Waals surface area contributed by atoms with Crippen molar-refractivity contribution in [2.45, 2.75) is 71.4 Å². The summed E-state index contributed by atoms with van der Waals surface area (Å²) in [7, 11) is 0. The highest BCUT2D eigenvalue weighted by Crippen LogP contribution is 2.54. The standard InChI is InChI=1S/C16H26O2/c1-10-8-12-11(2)6-7-13(12)16(5)14(9-10)17-15(3,4)18-16/h8,11-14H,6-7,9H2,1-5H3/t11?,12-,13-,14?,16+/m1/s1. The fourth-order valence-corrected chi connectivity index (χ4v) is 4.50. The molecule has 3 aliphatic rings. The molecule has 2 unspecified atom stereocenters. The highest BCUT2D eigenvalue weighted by Gasteiger charge is 2.58. The Morgan fingerprint density at radius 1 is 1.22 bits per heavy atom. The van der Waals surface area contributed by atoms with Gasteiger partial charge in [0.1, 0.15) is 0 Å². The van der Waals surface area contributed by atoms with E-state index < -0.39 is 5.79 Å². The molecule has 18 heavy (non-hydrogen) atoms. The van der Waals surface area contributed by atoms with E-state index in [-0.39, 0.29) is 11.7 Å². The minimum atomic E-state index is -0.423. The van der Waals surface area contributed by atoms with Crippen LogP contribution >= 0.6 is 0 Å². The van der Waals surface area contributed by atoms with Gasteiger partial charge in [0.25, 0.3) is 0 Å². The van der Waals surface area contributed by atoms with Gasteiger partial charge in [0, 0.05) is 0 Å². The zero-order valence-electron chi connectivity index (χ0n) is 12.3. The Bertz CT molecular complexity index is 385. The second-order valence-electron chi connectivity index (χ2n) is 7.25. The molecule has 1 aliphatic heterocycles. The van der Waals surface area contributed by atoms with E-state index >= 15 is 0 Å². The summed E-state index contributed by atoms with van der Waals surface area (Å²) in [6.07, 6.45) is 6.36. The van der Waals surface area contributed by atoms with Crippen LogP contribution in [0.3, 0.4) is 0 Å². The summed E-state index contributed by atoms with van der Waals surface area (Å²) in [6.45, 7) is 11.0. The third kappa shape index (κ3) is 1.77. The molecule has 2 nitrogen and oxygen atoms in total. The molecule has 0 radical (unpaired) electrons. The van der Waals surface area contributed by atoms with Gasteiger partial charge in [-0.05, 0) is 64.7 Å². The Morgan fingerprint density at radius 3 is 2.67 bits per heavy atom. The third-order valence-electron chi connectivity index (χ3n) is 5.31. The Hall–Kier alpha value is -0.340. The average molecular weight is 250 g/mol. The average Bonchev–Trinajstić information content (AvgIpc) is 2.65. The van der Waals surface area contributed by atoms with Crippen LogP contribution in [-0.4, -0.2) is 17.5 Å². The number of allylic oxidation sites excluding steroid dienone is 1. The van der Waals surface area contributed by atoms with E-state index in [1.54, 1.807) is 0 Å². The summed E-state index contributed by atoms with van der Waals surface area (Å²) >= 11 is 0. The van der Waals surface area contributed by atoms with Gasteiger partial charge >= 0.3 is 0 Å². The number of hydrogen-bond acceptors (Lipinski definition) is 2. The van der Waals surface area contributed by atoms with Gasteiger partial charge in [-0.1, -0.05) is 18.6 Å². The zero-order valence-corrected chi connectivity index (χ0v) is 12.3. The van der Waals surface area contributed by atoms with Crippen molar-refractivity contribution in [3.05, 3.63) is 11.6 Å². The van der Waals surface area contributed by atoms with Crippen molar-refractivity contribution in [1.82, 2.24) is 0 Å². The van der Waals surface area contributed by atoms with E-state index in [4.69, 9.17) is 9.47 Å². The second kappa shape index (κ2) is 3.83. The summed E-state index contributed by atoms with van der Waals surface area (Å²) in [5.74, 6) is 1.66. The smallest absolute Gasteiger partial charge is 0.164 e. The lowest BCUT2D eigenvalue weighted by molar-refractivity contribution is -0.171. The molecule has 0 aromatic carbocycles. The summed E-state index contributed by atoms with van der Waals surface area (Å²) in [5.41, 5.74) is 1.38. The van der Waals surface area contributed by atoms with Crippen molar-refractivity contribution in [2.24, 2.45) is 17.8 Å². The Morgan fingerprint density at radius 2 is 1.94 bits per heavy atom. The predicted octanol–water partition coefficient (Wildman–Crippen LogP) is 3.91. The monoisotopic (exact) mass is 250 g/mol. The van der Waals surface area contributed by atoms with E-state index in [0.29, 0.717) is 11.8 Å². The van der Waals surface area contributed by atoms with Gasteiger partial charge in [-0.3, -0.25) is 0 Å². The first kappa shape index (κ1) is 12.7. The van der Waals surface area contributed by atoms with E-state index in [1.165, 1.54) is 18.4 Å². The minimum absolute atomic E-state index is 0.104. The van der Waals surface area contributed by atoms with Crippen LogP contribution in [0.25, 0.3) is 0 Å². The molecule has 1 saturated heterocycles. The van der Waals surface area contributed by atoms with E-state index in [0.717, 1.165) is 12.3 Å². The maximum absolute atomic E-state index is 6.38. The van der Waals surface area contributed by atoms with Crippen molar-refractivity contribution in [1.29, 1.82) is 0 Å². The molecule has 0 bridgehead atoms. The molecule has 1 heterocycles. The van der Waals surface area contributed by atoms with E-state index in [1.807, 2.05) is 0 Å². The van der Waals surface area contributed by atoms with Crippen molar-refractivity contribution in [3.8, 4) is 0 Å². The maximum atomic E-state index is 6.38. The summed E-state index contributed by atoms with van der Waals surface area (Å²) in [6, 6.07) is 0. The SMILES string of the molecule is CC1=C[C@@H]2C(C)CC[C@H]2[C@]2(C)OC(C)(C)OC2C1. The third-order valence-corrected chi connectivity index (χ3v) is 5.31. The molecule has 0 aromatic heterocycles. The van der Waals surface area contributed by atoms with Crippen molar-refractivity contribution in [2.75, 3.05) is 0 Å². The summed E-state index contributed by atoms with van der Waals surface area (Å²) in [4.78, 5) is 0. The predicted molar refractivity (Wildman–Crippen MR) is 72.2 cm³/mol. The first-order chi connectivity index (χ1) is 8.32. The van der Waals surface area contributed by atoms with Crippen LogP contribution in [0, 0.1) is 17.8 Å². The van der Waals surface area contributed by atoms with Crippen molar-refractivity contribution in [3.63, 3.8) is 0 Å². The molecule has 1 saturated carbocycles. The number of ether oxygens (including phenoxy) is 2. The van der Waals surface area contributed by atoms with Crippen molar-refractivity contribution < 1.29 is 9.47 Å². The largest absolute Gasteiger partial charge is 0.344 e. The minimum Gasteiger partial charge on any atom is -0.344 e. The Labute approximate surface area is 111 Å². The van der Waals surface area contributed by atoms with Gasteiger partial charge in [0.2, 0.25) is 0 Å². The van der Waals surface area contributed by atoms with Crippen LogP contribution in [0.4, 0.5) is 0 Å². The summed E-state index contributed by atoms with van der Waals surface area (Å²) in [5, 5.41) is 0. The second-order valence-corrected chi connectivity index (χ2v) is 7.25. The van der Waals surface area contributed by atoms with Crippen LogP contribution in [0.15, 0.2) is 11.6 Å². The molecule has 2 fully saturated rings. The first-order valence-corrected chi connectivity index (χ1v) is 7.37. The lowest BCUT2D eigenvalue weighted by Gasteiger charge is -2.36. The van der Waals surface area contributed by atoms with Gasteiger partial charge in [-0.15, -0.1) is 0 Å². The number of rotatable bonds is 0. The van der Waals surface area contributed by atoms with Crippen LogP contribution in [0.2, 0.25) is 0 Å². The van der Waals surface area contributed by atoms with Gasteiger partial charge in [-0.2, -0.15) is 0 Å². The number of fused-ring (bicyclic) bond motifs is 3. The Balaban J connectivity index is 2.00. The zero-order chi connectivity index (χ0) is 13.1. The molecule has 0 spiro atoms. The van der Waals surface area contributed by atoms with Gasteiger partial charge in [-0.25, -0.2) is 0 Å². The molecule has 2 aliphatic carbocycles. The molecule has 3 rings (SSSR count). The van der Waals surface area contributed by atoms with Crippen molar-refractivity contribution >= 4 is 0 Å². The topological polar surface area (TPSA) is 18.5 Å². The lowest BCUT2D eigenvalue weighted by atomic mass is 9.77. The molecule has 0 aromatic rings. The quantitative estimate of drug-likeness (QED) is 0.607. The molecule has 0 N–H and O–H groups in total. The normalized spacial score (nSPS) is 50.4. The molecular weight excluding hydrogens is 224 g/mol. The maximum Gasteiger partial charge on any atom is 0.164 e. The van der Waals surface area contributed by atoms with E-state index in [9.17, 15) is 0 Å². The summed E-state index contributed by atoms with van der Waals surface area (Å²) < 4.78 is 12.6. The Kier molecular flexibility index (Phi) is 2.70. The van der Waals surface area contributed by atoms with Gasteiger partial charge in [0.15, 0.2) is 5.79 Å². The lowest BCUT2D eigenvalue weighted by Crippen LogP contribution is -2.45. The number of hydrogen-bond donors (Lipinski definition) is 0. The molecular formula is C16H26O2. The van der Waals surface area contributed by atoms with Crippen LogP contribution in [0.1, 0.15) is 53.9 Å². The van der Waals surface area contributed by atoms with Crippen LogP contribution in [0.5, 0.6) is 0 Å². The molecule has 2 heteroatoms. The molecule has 5 atom stereocenters. The van der Waals surface area contributed by atoms with Gasteiger partial charge < -0.3 is 9.47 Å². The molecule has 0 amide bonds. The highest BCUT2D eigenvalue weighted by atomic mass is 16.8.